The van der Waals surface area contributed by atoms with Crippen LogP contribution in [0.2, 0.25) is 0 Å². The highest BCUT2D eigenvalue weighted by atomic mass is 32.2. The molecule has 2 aromatic heterocycles. The number of hydrazone groups is 1. The highest BCUT2D eigenvalue weighted by Crippen LogP contribution is 2.33. The van der Waals surface area contributed by atoms with Gasteiger partial charge in [-0.3, -0.25) is 10.1 Å². The number of sulfone groups is 1. The number of fused-ring (bicyclic) bond motifs is 2. The Labute approximate surface area is 166 Å². The molecular weight excluding hydrogens is 394 g/mol. The Bertz CT molecular complexity index is 1190. The van der Waals surface area contributed by atoms with E-state index in [1.807, 2.05) is 17.1 Å². The third-order valence-electron chi connectivity index (χ3n) is 4.73. The predicted octanol–water partition coefficient (Wildman–Crippen LogP) is 1.76. The van der Waals surface area contributed by atoms with Crippen molar-refractivity contribution >= 4 is 16.1 Å². The molecule has 4 heterocycles. The van der Waals surface area contributed by atoms with Gasteiger partial charge in [0, 0.05) is 17.8 Å². The highest BCUT2D eigenvalue weighted by Gasteiger charge is 2.24. The summed E-state index contributed by atoms with van der Waals surface area (Å²) >= 11 is 0. The Morgan fingerprint density at radius 1 is 1.10 bits per heavy atom. The lowest BCUT2D eigenvalue weighted by Gasteiger charge is -2.23. The van der Waals surface area contributed by atoms with Crippen LogP contribution in [0.3, 0.4) is 0 Å². The number of nitrogens with one attached hydrogen (secondary N) is 1. The number of benzene rings is 1. The van der Waals surface area contributed by atoms with Crippen LogP contribution in [0.4, 0.5) is 0 Å². The summed E-state index contributed by atoms with van der Waals surface area (Å²) in [5, 5.41) is 13.1. The lowest BCUT2D eigenvalue weighted by atomic mass is 10.1. The van der Waals surface area contributed by atoms with Gasteiger partial charge in [-0.25, -0.2) is 13.4 Å². The lowest BCUT2D eigenvalue weighted by Crippen LogP contribution is -2.22. The topological polar surface area (TPSA) is 110 Å². The number of aromatic nitrogens is 3. The van der Waals surface area contributed by atoms with Crippen molar-refractivity contribution in [2.45, 2.75) is 23.0 Å². The molecule has 0 aliphatic carbocycles. The Morgan fingerprint density at radius 2 is 1.97 bits per heavy atom. The Hall–Kier alpha value is -3.40. The van der Waals surface area contributed by atoms with Crippen LogP contribution in [0.15, 0.2) is 57.7 Å². The van der Waals surface area contributed by atoms with Gasteiger partial charge >= 0.3 is 0 Å². The number of nitrogens with zero attached hydrogens (tertiary/aromatic N) is 4. The van der Waals surface area contributed by atoms with Gasteiger partial charge in [-0.1, -0.05) is 6.07 Å². The number of aromatic amines is 1. The number of pyridine rings is 1. The summed E-state index contributed by atoms with van der Waals surface area (Å²) in [7, 11) is -3.80. The fourth-order valence-electron chi connectivity index (χ4n) is 3.25. The SMILES string of the molecule is O=S(=O)(c1ccc2c(c1)C=NN(Cc1ccn[nH]1)C2)c1cc2c(cn1)OCCO2. The molecule has 2 aliphatic rings. The molecule has 10 heteroatoms. The normalized spacial score (nSPS) is 15.2. The zero-order valence-corrected chi connectivity index (χ0v) is 16.1. The zero-order chi connectivity index (χ0) is 19.8. The molecule has 0 unspecified atom stereocenters. The number of rotatable bonds is 4. The highest BCUT2D eigenvalue weighted by molar-refractivity contribution is 7.91. The minimum Gasteiger partial charge on any atom is -0.486 e. The van der Waals surface area contributed by atoms with Crippen molar-refractivity contribution in [1.29, 1.82) is 0 Å². The first-order chi connectivity index (χ1) is 14.1. The van der Waals surface area contributed by atoms with E-state index in [-0.39, 0.29) is 9.92 Å². The van der Waals surface area contributed by atoms with E-state index in [4.69, 9.17) is 9.47 Å². The summed E-state index contributed by atoms with van der Waals surface area (Å²) in [6.07, 6.45) is 4.75. The van der Waals surface area contributed by atoms with E-state index in [1.165, 1.54) is 12.3 Å². The molecule has 0 saturated heterocycles. The zero-order valence-electron chi connectivity index (χ0n) is 15.3. The average Bonchev–Trinajstić information content (AvgIpc) is 3.26. The summed E-state index contributed by atoms with van der Waals surface area (Å²) in [6, 6.07) is 8.33. The maximum absolute atomic E-state index is 13.1. The minimum absolute atomic E-state index is 0.0738. The summed E-state index contributed by atoms with van der Waals surface area (Å²) < 4.78 is 37.0. The molecule has 0 spiro atoms. The smallest absolute Gasteiger partial charge is 0.223 e. The van der Waals surface area contributed by atoms with E-state index in [2.05, 4.69) is 20.3 Å². The second kappa shape index (κ2) is 6.89. The second-order valence-corrected chi connectivity index (χ2v) is 8.58. The van der Waals surface area contributed by atoms with Gasteiger partial charge in [0.25, 0.3) is 0 Å². The van der Waals surface area contributed by atoms with Gasteiger partial charge in [0.1, 0.15) is 13.2 Å². The first kappa shape index (κ1) is 17.7. The van der Waals surface area contributed by atoms with E-state index in [9.17, 15) is 8.42 Å². The van der Waals surface area contributed by atoms with E-state index in [0.29, 0.717) is 37.8 Å². The quantitative estimate of drug-likeness (QED) is 0.696. The summed E-state index contributed by atoms with van der Waals surface area (Å²) in [5.41, 5.74) is 2.72. The lowest BCUT2D eigenvalue weighted by molar-refractivity contribution is 0.170. The monoisotopic (exact) mass is 411 g/mol. The van der Waals surface area contributed by atoms with Crippen molar-refractivity contribution in [2.24, 2.45) is 5.10 Å². The van der Waals surface area contributed by atoms with Crippen LogP contribution in [-0.2, 0) is 22.9 Å². The maximum Gasteiger partial charge on any atom is 0.223 e. The number of ether oxygens (including phenoxy) is 2. The molecule has 1 aromatic carbocycles. The average molecular weight is 411 g/mol. The van der Waals surface area contributed by atoms with Crippen LogP contribution >= 0.6 is 0 Å². The molecule has 0 radical (unpaired) electrons. The molecule has 2 aliphatic heterocycles. The molecule has 3 aromatic rings. The van der Waals surface area contributed by atoms with E-state index in [1.54, 1.807) is 24.5 Å². The second-order valence-electron chi connectivity index (χ2n) is 6.68. The van der Waals surface area contributed by atoms with E-state index >= 15 is 0 Å². The van der Waals surface area contributed by atoms with Gasteiger partial charge < -0.3 is 9.47 Å². The largest absolute Gasteiger partial charge is 0.486 e. The standard InChI is InChI=1S/C19H17N5O4S/c25-29(26,19-8-17-18(10-20-19)28-6-5-27-17)16-2-1-13-11-24(22-9-14(13)7-16)12-15-3-4-21-23-15/h1-4,7-10H,5-6,11-12H2,(H,21,23). The summed E-state index contributed by atoms with van der Waals surface area (Å²) in [5.74, 6) is 0.837. The third-order valence-corrected chi connectivity index (χ3v) is 6.38. The molecule has 1 N–H and O–H groups in total. The number of H-pyrrole nitrogens is 1. The number of hydrogen-bond donors (Lipinski definition) is 1. The molecule has 0 bridgehead atoms. The van der Waals surface area contributed by atoms with Gasteiger partial charge in [-0.2, -0.15) is 10.2 Å². The van der Waals surface area contributed by atoms with E-state index in [0.717, 1.165) is 16.8 Å². The fraction of sp³-hybridized carbons (Fsp3) is 0.211. The minimum atomic E-state index is -3.80. The van der Waals surface area contributed by atoms with Crippen LogP contribution in [0.5, 0.6) is 11.5 Å². The maximum atomic E-state index is 13.1. The molecule has 0 fully saturated rings. The summed E-state index contributed by atoms with van der Waals surface area (Å²) in [6.45, 7) is 1.97. The van der Waals surface area contributed by atoms with Crippen molar-refractivity contribution in [3.8, 4) is 11.5 Å². The van der Waals surface area contributed by atoms with Crippen LogP contribution in [0.1, 0.15) is 16.8 Å². The van der Waals surface area contributed by atoms with Crippen molar-refractivity contribution in [3.63, 3.8) is 0 Å². The Kier molecular flexibility index (Phi) is 4.20. The molecule has 9 nitrogen and oxygen atoms in total. The molecule has 0 amide bonds. The van der Waals surface area contributed by atoms with Crippen LogP contribution in [0, 0.1) is 0 Å². The molecule has 0 saturated carbocycles. The Balaban J connectivity index is 1.42. The van der Waals surface area contributed by atoms with Crippen LogP contribution < -0.4 is 9.47 Å². The first-order valence-corrected chi connectivity index (χ1v) is 10.5. The van der Waals surface area contributed by atoms with E-state index < -0.39 is 9.84 Å². The van der Waals surface area contributed by atoms with Gasteiger partial charge in [-0.05, 0) is 23.8 Å². The van der Waals surface area contributed by atoms with Crippen molar-refractivity contribution in [3.05, 3.63) is 59.5 Å². The number of hydrogen-bond acceptors (Lipinski definition) is 8. The molecule has 5 rings (SSSR count). The predicted molar refractivity (Wildman–Crippen MR) is 103 cm³/mol. The molecular formula is C19H17N5O4S. The Morgan fingerprint density at radius 3 is 2.79 bits per heavy atom. The molecule has 148 valence electrons. The molecule has 0 atom stereocenters. The van der Waals surface area contributed by atoms with Gasteiger partial charge in [0.15, 0.2) is 16.5 Å². The van der Waals surface area contributed by atoms with Crippen molar-refractivity contribution in [1.82, 2.24) is 20.2 Å². The van der Waals surface area contributed by atoms with Gasteiger partial charge in [-0.15, -0.1) is 0 Å². The third kappa shape index (κ3) is 3.31. The fourth-order valence-corrected chi connectivity index (χ4v) is 4.47. The van der Waals surface area contributed by atoms with Gasteiger partial charge in [0.2, 0.25) is 9.84 Å². The molecule has 29 heavy (non-hydrogen) atoms. The summed E-state index contributed by atoms with van der Waals surface area (Å²) in [4.78, 5) is 4.22. The van der Waals surface area contributed by atoms with Crippen molar-refractivity contribution < 1.29 is 17.9 Å². The van der Waals surface area contributed by atoms with Crippen LogP contribution in [-0.4, -0.2) is 48.0 Å². The van der Waals surface area contributed by atoms with Crippen LogP contribution in [0.25, 0.3) is 0 Å². The van der Waals surface area contributed by atoms with Crippen molar-refractivity contribution in [2.75, 3.05) is 13.2 Å². The first-order valence-electron chi connectivity index (χ1n) is 9.00. The van der Waals surface area contributed by atoms with Gasteiger partial charge in [0.05, 0.1) is 36.1 Å².